The third-order valence-corrected chi connectivity index (χ3v) is 6.57. The number of hydrogen-bond donors (Lipinski definition) is 1. The van der Waals surface area contributed by atoms with Gasteiger partial charge in [-0.15, -0.1) is 0 Å². The molecule has 0 unspecified atom stereocenters. The van der Waals surface area contributed by atoms with Crippen LogP contribution in [0.2, 0.25) is 5.02 Å². The minimum atomic E-state index is -0.598. The number of rotatable bonds is 5. The fourth-order valence-corrected chi connectivity index (χ4v) is 4.34. The quantitative estimate of drug-likeness (QED) is 0.437. The average molecular weight is 512 g/mol. The summed E-state index contributed by atoms with van der Waals surface area (Å²) in [6.45, 7) is 8.92. The fourth-order valence-electron chi connectivity index (χ4n) is 4.11. The third kappa shape index (κ3) is 4.66. The number of amides is 1. The number of nitrogens with one attached hydrogen (secondary N) is 1. The second-order valence-electron chi connectivity index (χ2n) is 9.66. The summed E-state index contributed by atoms with van der Waals surface area (Å²) in [4.78, 5) is 19.1. The van der Waals surface area contributed by atoms with Crippen molar-refractivity contribution in [1.82, 2.24) is 29.7 Å². The molecule has 9 nitrogen and oxygen atoms in total. The zero-order valence-corrected chi connectivity index (χ0v) is 21.1. The molecule has 5 rings (SSSR count). The van der Waals surface area contributed by atoms with Gasteiger partial charge >= 0.3 is 0 Å². The van der Waals surface area contributed by atoms with E-state index in [4.69, 9.17) is 16.3 Å². The first-order chi connectivity index (χ1) is 17.2. The van der Waals surface area contributed by atoms with Crippen molar-refractivity contribution in [2.24, 2.45) is 0 Å². The summed E-state index contributed by atoms with van der Waals surface area (Å²) in [7, 11) is 0. The van der Waals surface area contributed by atoms with E-state index in [9.17, 15) is 4.79 Å². The first-order valence-electron chi connectivity index (χ1n) is 11.7. The number of ether oxygens (including phenoxy) is 1. The Hall–Kier alpha value is -3.50. The van der Waals surface area contributed by atoms with Crippen LogP contribution in [0.15, 0.2) is 43.1 Å². The number of benzene rings is 1. The summed E-state index contributed by atoms with van der Waals surface area (Å²) < 4.78 is 24.3. The summed E-state index contributed by atoms with van der Waals surface area (Å²) >= 11 is 6.40. The van der Waals surface area contributed by atoms with E-state index < -0.39 is 5.82 Å². The lowest BCUT2D eigenvalue weighted by Crippen LogP contribution is -2.35. The SMILES string of the molecule is CC(C)(C)n1cc(C(=O)NCc2ccc(-c3ncnn4cc(N5CCOCC5)cc34)c(F)c2Cl)cn1. The Morgan fingerprint density at radius 1 is 1.19 bits per heavy atom. The number of aromatic nitrogens is 5. The molecular formula is C25H27ClFN7O2. The molecule has 0 saturated carbocycles. The van der Waals surface area contributed by atoms with Crippen LogP contribution in [-0.2, 0) is 16.8 Å². The van der Waals surface area contributed by atoms with Gasteiger partial charge in [-0.1, -0.05) is 17.7 Å². The predicted octanol–water partition coefficient (Wildman–Crippen LogP) is 3.91. The van der Waals surface area contributed by atoms with E-state index in [-0.39, 0.29) is 28.6 Å². The number of carbonyl (C=O) groups excluding carboxylic acids is 1. The molecule has 11 heteroatoms. The van der Waals surface area contributed by atoms with Crippen molar-refractivity contribution in [2.45, 2.75) is 32.9 Å². The van der Waals surface area contributed by atoms with E-state index in [2.05, 4.69) is 25.4 Å². The topological polar surface area (TPSA) is 89.6 Å². The lowest BCUT2D eigenvalue weighted by atomic mass is 10.1. The van der Waals surface area contributed by atoms with E-state index in [0.29, 0.717) is 35.6 Å². The number of nitrogens with zero attached hydrogens (tertiary/aromatic N) is 6. The smallest absolute Gasteiger partial charge is 0.254 e. The fraction of sp³-hybridized carbons (Fsp3) is 0.360. The van der Waals surface area contributed by atoms with Crippen LogP contribution in [0.1, 0.15) is 36.7 Å². The molecule has 0 atom stereocenters. The van der Waals surface area contributed by atoms with Crippen molar-refractivity contribution in [1.29, 1.82) is 0 Å². The highest BCUT2D eigenvalue weighted by atomic mass is 35.5. The highest BCUT2D eigenvalue weighted by Crippen LogP contribution is 2.33. The van der Waals surface area contributed by atoms with E-state index in [1.54, 1.807) is 27.5 Å². The first-order valence-corrected chi connectivity index (χ1v) is 12.1. The number of fused-ring (bicyclic) bond motifs is 1. The van der Waals surface area contributed by atoms with Gasteiger partial charge < -0.3 is 15.0 Å². The number of carbonyl (C=O) groups is 1. The maximum absolute atomic E-state index is 15.5. The van der Waals surface area contributed by atoms with Crippen LogP contribution in [0.25, 0.3) is 16.8 Å². The lowest BCUT2D eigenvalue weighted by Gasteiger charge is -2.27. The predicted molar refractivity (Wildman–Crippen MR) is 135 cm³/mol. The molecule has 1 N–H and O–H groups in total. The summed E-state index contributed by atoms with van der Waals surface area (Å²) in [5.74, 6) is -0.911. The molecule has 3 aromatic heterocycles. The van der Waals surface area contributed by atoms with Gasteiger partial charge in [-0.05, 0) is 38.5 Å². The largest absolute Gasteiger partial charge is 0.378 e. The van der Waals surface area contributed by atoms with E-state index in [1.807, 2.05) is 33.0 Å². The van der Waals surface area contributed by atoms with E-state index in [1.165, 1.54) is 12.5 Å². The van der Waals surface area contributed by atoms with Gasteiger partial charge in [-0.3, -0.25) is 9.48 Å². The summed E-state index contributed by atoms with van der Waals surface area (Å²) in [5, 5.41) is 11.3. The number of anilines is 1. The van der Waals surface area contributed by atoms with Crippen LogP contribution in [0.3, 0.4) is 0 Å². The molecule has 4 aromatic rings. The van der Waals surface area contributed by atoms with Crippen molar-refractivity contribution in [3.8, 4) is 11.3 Å². The van der Waals surface area contributed by atoms with Crippen molar-refractivity contribution < 1.29 is 13.9 Å². The molecule has 1 aliphatic heterocycles. The van der Waals surface area contributed by atoms with Crippen molar-refractivity contribution in [3.05, 3.63) is 65.1 Å². The highest BCUT2D eigenvalue weighted by molar-refractivity contribution is 6.31. The molecule has 1 amide bonds. The second-order valence-corrected chi connectivity index (χ2v) is 10.0. The van der Waals surface area contributed by atoms with Gasteiger partial charge in [0.25, 0.3) is 5.91 Å². The zero-order chi connectivity index (χ0) is 25.4. The molecule has 1 aromatic carbocycles. The van der Waals surface area contributed by atoms with Crippen LogP contribution in [0, 0.1) is 5.82 Å². The van der Waals surface area contributed by atoms with Crippen LogP contribution in [-0.4, -0.2) is 56.6 Å². The van der Waals surface area contributed by atoms with Gasteiger partial charge in [-0.2, -0.15) is 10.2 Å². The normalized spacial score (nSPS) is 14.4. The maximum atomic E-state index is 15.5. The van der Waals surface area contributed by atoms with Crippen LogP contribution in [0.5, 0.6) is 0 Å². The van der Waals surface area contributed by atoms with Crippen LogP contribution in [0.4, 0.5) is 10.1 Å². The minimum Gasteiger partial charge on any atom is -0.378 e. The summed E-state index contributed by atoms with van der Waals surface area (Å²) in [6, 6.07) is 5.27. The Morgan fingerprint density at radius 2 is 1.97 bits per heavy atom. The lowest BCUT2D eigenvalue weighted by molar-refractivity contribution is 0.0950. The standard InChI is InChI=1S/C25H27ClFN7O2/c1-25(2,3)34-13-17(12-30-34)24(35)28-11-16-4-5-19(22(27)21(16)26)23-20-10-18(14-33(20)31-15-29-23)32-6-8-36-9-7-32/h4-5,10,12-15H,6-9,11H2,1-3H3,(H,28,35). The summed E-state index contributed by atoms with van der Waals surface area (Å²) in [5.41, 5.74) is 2.99. The van der Waals surface area contributed by atoms with Crippen molar-refractivity contribution >= 4 is 28.7 Å². The van der Waals surface area contributed by atoms with Gasteiger partial charge in [0.2, 0.25) is 0 Å². The van der Waals surface area contributed by atoms with Gasteiger partial charge in [0.05, 0.1) is 52.9 Å². The van der Waals surface area contributed by atoms with Crippen LogP contribution >= 0.6 is 11.6 Å². The molecule has 0 radical (unpaired) electrons. The number of morpholine rings is 1. The second kappa shape index (κ2) is 9.51. The van der Waals surface area contributed by atoms with Crippen molar-refractivity contribution in [2.75, 3.05) is 31.2 Å². The molecule has 36 heavy (non-hydrogen) atoms. The van der Waals surface area contributed by atoms with E-state index in [0.717, 1.165) is 18.8 Å². The Bertz CT molecular complexity index is 1420. The molecule has 4 heterocycles. The van der Waals surface area contributed by atoms with Crippen LogP contribution < -0.4 is 10.2 Å². The van der Waals surface area contributed by atoms with E-state index >= 15 is 4.39 Å². The molecular weight excluding hydrogens is 485 g/mol. The number of halogens is 2. The molecule has 0 aliphatic carbocycles. The Morgan fingerprint density at radius 3 is 2.69 bits per heavy atom. The molecule has 1 fully saturated rings. The minimum absolute atomic E-state index is 0.0603. The third-order valence-electron chi connectivity index (χ3n) is 6.16. The molecule has 188 valence electrons. The molecule has 1 aliphatic rings. The highest BCUT2D eigenvalue weighted by Gasteiger charge is 2.21. The Kier molecular flexibility index (Phi) is 6.40. The van der Waals surface area contributed by atoms with Gasteiger partial charge in [0.1, 0.15) is 12.0 Å². The maximum Gasteiger partial charge on any atom is 0.254 e. The Labute approximate surface area is 212 Å². The summed E-state index contributed by atoms with van der Waals surface area (Å²) in [6.07, 6.45) is 6.49. The monoisotopic (exact) mass is 511 g/mol. The van der Waals surface area contributed by atoms with Gasteiger partial charge in [-0.25, -0.2) is 13.9 Å². The van der Waals surface area contributed by atoms with Gasteiger partial charge in [0.15, 0.2) is 5.82 Å². The van der Waals surface area contributed by atoms with Crippen molar-refractivity contribution in [3.63, 3.8) is 0 Å². The van der Waals surface area contributed by atoms with Gasteiger partial charge in [0, 0.05) is 31.4 Å². The Balaban J connectivity index is 1.37. The number of hydrogen-bond acceptors (Lipinski definition) is 6. The average Bonchev–Trinajstić information content (AvgIpc) is 3.53. The molecule has 0 bridgehead atoms. The first kappa shape index (κ1) is 24.2. The molecule has 0 spiro atoms. The zero-order valence-electron chi connectivity index (χ0n) is 20.3. The molecule has 1 saturated heterocycles.